The summed E-state index contributed by atoms with van der Waals surface area (Å²) in [5, 5.41) is 11.1. The summed E-state index contributed by atoms with van der Waals surface area (Å²) in [7, 11) is 0. The zero-order valence-electron chi connectivity index (χ0n) is 13.2. The van der Waals surface area contributed by atoms with Crippen LogP contribution in [0.15, 0.2) is 42.7 Å². The molecule has 1 aromatic carbocycles. The van der Waals surface area contributed by atoms with Crippen molar-refractivity contribution in [1.82, 2.24) is 29.9 Å². The van der Waals surface area contributed by atoms with Crippen molar-refractivity contribution in [3.05, 3.63) is 60.2 Å². The lowest BCUT2D eigenvalue weighted by molar-refractivity contribution is 0.0942. The van der Waals surface area contributed by atoms with Crippen LogP contribution in [-0.2, 0) is 6.54 Å². The zero-order chi connectivity index (χ0) is 16.9. The lowest BCUT2D eigenvalue weighted by atomic mass is 10.3. The van der Waals surface area contributed by atoms with E-state index in [-0.39, 0.29) is 17.5 Å². The van der Waals surface area contributed by atoms with Gasteiger partial charge in [-0.2, -0.15) is 5.10 Å². The third-order valence-corrected chi connectivity index (χ3v) is 3.45. The van der Waals surface area contributed by atoms with Crippen LogP contribution in [0.3, 0.4) is 0 Å². The van der Waals surface area contributed by atoms with Gasteiger partial charge in [0.05, 0.1) is 5.69 Å². The van der Waals surface area contributed by atoms with Crippen molar-refractivity contribution >= 4 is 5.91 Å². The third kappa shape index (κ3) is 3.65. The molecular weight excluding hydrogens is 311 g/mol. The van der Waals surface area contributed by atoms with Crippen LogP contribution in [0.2, 0.25) is 0 Å². The Morgan fingerprint density at radius 1 is 1.29 bits per heavy atom. The fraction of sp³-hybridized carbons (Fsp3) is 0.250. The first-order chi connectivity index (χ1) is 11.6. The maximum absolute atomic E-state index is 13.0. The molecule has 0 saturated carbocycles. The average molecular weight is 328 g/mol. The van der Waals surface area contributed by atoms with E-state index in [1.807, 2.05) is 12.3 Å². The highest BCUT2D eigenvalue weighted by atomic mass is 19.1. The Morgan fingerprint density at radius 2 is 2.08 bits per heavy atom. The molecule has 0 radical (unpaired) electrons. The zero-order valence-corrected chi connectivity index (χ0v) is 13.2. The Bertz CT molecular complexity index is 810. The van der Waals surface area contributed by atoms with Crippen molar-refractivity contribution in [3.8, 4) is 5.69 Å². The number of hydrogen-bond acceptors (Lipinski definition) is 4. The van der Waals surface area contributed by atoms with Gasteiger partial charge >= 0.3 is 0 Å². The van der Waals surface area contributed by atoms with E-state index < -0.39 is 0 Å². The van der Waals surface area contributed by atoms with Crippen LogP contribution in [0.25, 0.3) is 5.69 Å². The Hall–Kier alpha value is -3.03. The Kier molecular flexibility index (Phi) is 4.64. The van der Waals surface area contributed by atoms with Gasteiger partial charge in [-0.15, -0.1) is 5.10 Å². The molecule has 1 N–H and O–H groups in total. The fourth-order valence-electron chi connectivity index (χ4n) is 2.27. The van der Waals surface area contributed by atoms with Crippen LogP contribution in [-0.4, -0.2) is 37.0 Å². The third-order valence-electron chi connectivity index (χ3n) is 3.45. The monoisotopic (exact) mass is 328 g/mol. The van der Waals surface area contributed by atoms with Crippen LogP contribution < -0.4 is 5.32 Å². The molecule has 0 aliphatic rings. The molecule has 0 aliphatic heterocycles. The Balaban J connectivity index is 1.59. The van der Waals surface area contributed by atoms with E-state index in [9.17, 15) is 9.18 Å². The summed E-state index contributed by atoms with van der Waals surface area (Å²) in [6.45, 7) is 2.97. The number of benzene rings is 1. The summed E-state index contributed by atoms with van der Waals surface area (Å²) in [4.78, 5) is 16.3. The molecule has 8 heteroatoms. The van der Waals surface area contributed by atoms with E-state index >= 15 is 0 Å². The highest BCUT2D eigenvalue weighted by molar-refractivity contribution is 5.90. The van der Waals surface area contributed by atoms with Crippen LogP contribution in [0.4, 0.5) is 4.39 Å². The van der Waals surface area contributed by atoms with Crippen molar-refractivity contribution in [2.45, 2.75) is 19.9 Å². The fourth-order valence-corrected chi connectivity index (χ4v) is 2.27. The number of nitrogens with zero attached hydrogens (tertiary/aromatic N) is 5. The average Bonchev–Trinajstić information content (AvgIpc) is 3.22. The highest BCUT2D eigenvalue weighted by Gasteiger charge is 2.14. The molecule has 2 heterocycles. The molecule has 0 unspecified atom stereocenters. The smallest absolute Gasteiger partial charge is 0.290 e. The lowest BCUT2D eigenvalue weighted by Crippen LogP contribution is -2.26. The number of nitrogens with one attached hydrogen (secondary N) is 1. The molecule has 124 valence electrons. The molecule has 3 rings (SSSR count). The molecule has 1 amide bonds. The van der Waals surface area contributed by atoms with Gasteiger partial charge in [-0.05, 0) is 43.7 Å². The summed E-state index contributed by atoms with van der Waals surface area (Å²) in [6.07, 6.45) is 4.34. The van der Waals surface area contributed by atoms with E-state index in [0.29, 0.717) is 18.1 Å². The number of carbonyl (C=O) groups excluding carboxylic acids is 1. The summed E-state index contributed by atoms with van der Waals surface area (Å²) >= 11 is 0. The quantitative estimate of drug-likeness (QED) is 0.699. The van der Waals surface area contributed by atoms with Crippen molar-refractivity contribution in [3.63, 3.8) is 0 Å². The summed E-state index contributed by atoms with van der Waals surface area (Å²) in [6, 6.07) is 7.70. The number of halogens is 1. The maximum Gasteiger partial charge on any atom is 0.290 e. The van der Waals surface area contributed by atoms with Gasteiger partial charge in [0.25, 0.3) is 5.91 Å². The second-order valence-electron chi connectivity index (χ2n) is 5.25. The molecule has 3 aromatic rings. The first kappa shape index (κ1) is 15.9. The van der Waals surface area contributed by atoms with Crippen molar-refractivity contribution in [2.75, 3.05) is 6.54 Å². The summed E-state index contributed by atoms with van der Waals surface area (Å²) in [5.41, 5.74) is 0.652. The molecule has 0 aliphatic carbocycles. The van der Waals surface area contributed by atoms with Crippen molar-refractivity contribution < 1.29 is 9.18 Å². The number of aromatic nitrogens is 5. The minimum atomic E-state index is -0.334. The standard InChI is InChI=1S/C16H17FN6O/c1-12-20-15(21-23(12)14-6-4-13(17)5-7-14)16(24)18-8-2-10-22-11-3-9-19-22/h3-7,9,11H,2,8,10H2,1H3,(H,18,24). The van der Waals surface area contributed by atoms with Gasteiger partial charge < -0.3 is 5.32 Å². The maximum atomic E-state index is 13.0. The number of carbonyl (C=O) groups is 1. The normalized spacial score (nSPS) is 10.8. The molecule has 0 spiro atoms. The van der Waals surface area contributed by atoms with Crippen molar-refractivity contribution in [2.24, 2.45) is 0 Å². The summed E-state index contributed by atoms with van der Waals surface area (Å²) in [5.74, 6) is -0.00897. The second kappa shape index (κ2) is 7.03. The van der Waals surface area contributed by atoms with Crippen molar-refractivity contribution in [1.29, 1.82) is 0 Å². The molecule has 2 aromatic heterocycles. The van der Waals surface area contributed by atoms with Crippen LogP contribution in [0.1, 0.15) is 22.9 Å². The topological polar surface area (TPSA) is 77.6 Å². The number of aryl methyl sites for hydroxylation is 2. The molecule has 7 nitrogen and oxygen atoms in total. The van der Waals surface area contributed by atoms with Gasteiger partial charge in [-0.1, -0.05) is 0 Å². The molecular formula is C16H17FN6O. The van der Waals surface area contributed by atoms with Crippen LogP contribution in [0, 0.1) is 12.7 Å². The highest BCUT2D eigenvalue weighted by Crippen LogP contribution is 2.10. The minimum absolute atomic E-state index is 0.0934. The second-order valence-corrected chi connectivity index (χ2v) is 5.25. The number of hydrogen-bond donors (Lipinski definition) is 1. The summed E-state index contributed by atoms with van der Waals surface area (Å²) < 4.78 is 16.3. The van der Waals surface area contributed by atoms with Gasteiger partial charge in [0.15, 0.2) is 0 Å². The van der Waals surface area contributed by atoms with E-state index in [1.54, 1.807) is 29.9 Å². The molecule has 0 saturated heterocycles. The molecule has 24 heavy (non-hydrogen) atoms. The van der Waals surface area contributed by atoms with E-state index in [4.69, 9.17) is 0 Å². The van der Waals surface area contributed by atoms with Gasteiger partial charge in [0.2, 0.25) is 5.82 Å². The van der Waals surface area contributed by atoms with Crippen LogP contribution >= 0.6 is 0 Å². The van der Waals surface area contributed by atoms with Gasteiger partial charge in [-0.3, -0.25) is 9.48 Å². The lowest BCUT2D eigenvalue weighted by Gasteiger charge is -2.03. The molecule has 0 fully saturated rings. The van der Waals surface area contributed by atoms with E-state index in [2.05, 4.69) is 20.5 Å². The van der Waals surface area contributed by atoms with Gasteiger partial charge in [0, 0.05) is 25.5 Å². The first-order valence-electron chi connectivity index (χ1n) is 7.59. The molecule has 0 bridgehead atoms. The Labute approximate surface area is 138 Å². The number of rotatable bonds is 6. The minimum Gasteiger partial charge on any atom is -0.349 e. The first-order valence-corrected chi connectivity index (χ1v) is 7.59. The SMILES string of the molecule is Cc1nc(C(=O)NCCCn2cccn2)nn1-c1ccc(F)cc1. The van der Waals surface area contributed by atoms with Gasteiger partial charge in [-0.25, -0.2) is 14.1 Å². The van der Waals surface area contributed by atoms with Gasteiger partial charge in [0.1, 0.15) is 11.6 Å². The van der Waals surface area contributed by atoms with E-state index in [0.717, 1.165) is 13.0 Å². The number of amides is 1. The largest absolute Gasteiger partial charge is 0.349 e. The van der Waals surface area contributed by atoms with Crippen LogP contribution in [0.5, 0.6) is 0 Å². The molecule has 0 atom stereocenters. The Morgan fingerprint density at radius 3 is 2.79 bits per heavy atom. The van der Waals surface area contributed by atoms with E-state index in [1.165, 1.54) is 16.8 Å². The predicted molar refractivity (Wildman–Crippen MR) is 85.2 cm³/mol. The predicted octanol–water partition coefficient (Wildman–Crippen LogP) is 1.73.